The molecule has 4 heteroatoms. The predicted octanol–water partition coefficient (Wildman–Crippen LogP) is 4.17. The van der Waals surface area contributed by atoms with Gasteiger partial charge in [0.15, 0.2) is 0 Å². The third kappa shape index (κ3) is 6.10. The molecule has 1 aliphatic heterocycles. The lowest BCUT2D eigenvalue weighted by Gasteiger charge is -2.26. The van der Waals surface area contributed by atoms with Gasteiger partial charge in [0.25, 0.3) is 0 Å². The molecular formula is C22H29ClN2O. The van der Waals surface area contributed by atoms with Crippen molar-refractivity contribution in [2.24, 2.45) is 0 Å². The van der Waals surface area contributed by atoms with E-state index < -0.39 is 0 Å². The fourth-order valence-corrected chi connectivity index (χ4v) is 3.66. The van der Waals surface area contributed by atoms with Gasteiger partial charge in [0.1, 0.15) is 0 Å². The lowest BCUT2D eigenvalue weighted by molar-refractivity contribution is 0.0374. The van der Waals surface area contributed by atoms with Gasteiger partial charge >= 0.3 is 0 Å². The van der Waals surface area contributed by atoms with Gasteiger partial charge in [-0.1, -0.05) is 54.1 Å². The summed E-state index contributed by atoms with van der Waals surface area (Å²) in [6.45, 7) is 7.17. The van der Waals surface area contributed by atoms with Crippen molar-refractivity contribution in [3.63, 3.8) is 0 Å². The van der Waals surface area contributed by atoms with Crippen LogP contribution in [0.15, 0.2) is 54.6 Å². The van der Waals surface area contributed by atoms with Crippen molar-refractivity contribution >= 4 is 11.6 Å². The summed E-state index contributed by atoms with van der Waals surface area (Å²) in [5.41, 5.74) is 2.70. The van der Waals surface area contributed by atoms with Gasteiger partial charge in [-0.05, 0) is 55.7 Å². The summed E-state index contributed by atoms with van der Waals surface area (Å²) in [7, 11) is 0. The second-order valence-electron chi connectivity index (χ2n) is 6.86. The van der Waals surface area contributed by atoms with Crippen LogP contribution in [0, 0.1) is 0 Å². The molecule has 1 aliphatic rings. The number of hydrogen-bond acceptors (Lipinski definition) is 3. The van der Waals surface area contributed by atoms with Gasteiger partial charge in [-0.2, -0.15) is 0 Å². The highest BCUT2D eigenvalue weighted by molar-refractivity contribution is 6.30. The highest BCUT2D eigenvalue weighted by Gasteiger charge is 2.14. The fourth-order valence-electron chi connectivity index (χ4n) is 3.53. The monoisotopic (exact) mass is 372 g/mol. The second-order valence-corrected chi connectivity index (χ2v) is 7.30. The molecule has 3 rings (SSSR count). The molecule has 26 heavy (non-hydrogen) atoms. The van der Waals surface area contributed by atoms with Crippen molar-refractivity contribution in [3.05, 3.63) is 70.7 Å². The standard InChI is InChI=1S/C22H29ClN2O/c23-21-9-7-20(8-10-21)22(19-5-2-1-3-6-19)11-13-24-12-4-14-25-15-17-26-18-16-25/h1-3,5-10,22,24H,4,11-18H2/t22-/m1/s1. The van der Waals surface area contributed by atoms with Crippen LogP contribution in [0.4, 0.5) is 0 Å². The zero-order valence-corrected chi connectivity index (χ0v) is 16.1. The average molecular weight is 373 g/mol. The first-order valence-corrected chi connectivity index (χ1v) is 10.0. The predicted molar refractivity (Wildman–Crippen MR) is 109 cm³/mol. The normalized spacial score (nSPS) is 16.5. The van der Waals surface area contributed by atoms with Gasteiger partial charge in [-0.25, -0.2) is 0 Å². The van der Waals surface area contributed by atoms with Crippen molar-refractivity contribution in [2.75, 3.05) is 45.9 Å². The minimum absolute atomic E-state index is 0.403. The molecule has 2 aromatic carbocycles. The molecule has 0 aromatic heterocycles. The lowest BCUT2D eigenvalue weighted by Crippen LogP contribution is -2.37. The summed E-state index contributed by atoms with van der Waals surface area (Å²) in [6, 6.07) is 19.0. The molecule has 3 nitrogen and oxygen atoms in total. The molecule has 1 fully saturated rings. The topological polar surface area (TPSA) is 24.5 Å². The third-order valence-electron chi connectivity index (χ3n) is 5.02. The van der Waals surface area contributed by atoms with Crippen LogP contribution in [0.5, 0.6) is 0 Å². The number of ether oxygens (including phenoxy) is 1. The minimum atomic E-state index is 0.403. The highest BCUT2D eigenvalue weighted by atomic mass is 35.5. The average Bonchev–Trinajstić information content (AvgIpc) is 2.70. The Labute approximate surface area is 162 Å². The Morgan fingerprint density at radius 1 is 0.923 bits per heavy atom. The summed E-state index contributed by atoms with van der Waals surface area (Å²) < 4.78 is 5.40. The number of hydrogen-bond donors (Lipinski definition) is 1. The Morgan fingerprint density at radius 2 is 1.62 bits per heavy atom. The van der Waals surface area contributed by atoms with Crippen molar-refractivity contribution in [1.82, 2.24) is 10.2 Å². The van der Waals surface area contributed by atoms with Gasteiger partial charge in [-0.3, -0.25) is 4.90 Å². The lowest BCUT2D eigenvalue weighted by atomic mass is 9.88. The molecule has 0 bridgehead atoms. The number of rotatable bonds is 9. The minimum Gasteiger partial charge on any atom is -0.379 e. The summed E-state index contributed by atoms with van der Waals surface area (Å²) in [5.74, 6) is 0.403. The maximum Gasteiger partial charge on any atom is 0.0594 e. The molecule has 1 saturated heterocycles. The van der Waals surface area contributed by atoms with E-state index in [1.165, 1.54) is 17.5 Å². The van der Waals surface area contributed by atoms with Crippen molar-refractivity contribution in [1.29, 1.82) is 0 Å². The van der Waals surface area contributed by atoms with E-state index in [4.69, 9.17) is 16.3 Å². The molecule has 1 N–H and O–H groups in total. The first-order valence-electron chi connectivity index (χ1n) is 9.64. The van der Waals surface area contributed by atoms with Gasteiger partial charge in [0.05, 0.1) is 13.2 Å². The Morgan fingerprint density at radius 3 is 2.35 bits per heavy atom. The Kier molecular flexibility index (Phi) is 7.96. The number of nitrogens with zero attached hydrogens (tertiary/aromatic N) is 1. The number of benzene rings is 2. The van der Waals surface area contributed by atoms with Crippen LogP contribution in [-0.4, -0.2) is 50.8 Å². The molecule has 0 amide bonds. The molecule has 1 atom stereocenters. The van der Waals surface area contributed by atoms with Crippen LogP contribution < -0.4 is 5.32 Å². The van der Waals surface area contributed by atoms with Crippen LogP contribution in [-0.2, 0) is 4.74 Å². The summed E-state index contributed by atoms with van der Waals surface area (Å²) in [5, 5.41) is 4.42. The Bertz CT molecular complexity index is 626. The van der Waals surface area contributed by atoms with Gasteiger partial charge in [0, 0.05) is 24.0 Å². The van der Waals surface area contributed by atoms with E-state index >= 15 is 0 Å². The first-order chi connectivity index (χ1) is 12.8. The fraction of sp³-hybridized carbons (Fsp3) is 0.455. The summed E-state index contributed by atoms with van der Waals surface area (Å²) in [4.78, 5) is 2.49. The van der Waals surface area contributed by atoms with E-state index in [1.807, 2.05) is 12.1 Å². The molecule has 0 saturated carbocycles. The number of nitrogens with one attached hydrogen (secondary N) is 1. The molecule has 0 spiro atoms. The van der Waals surface area contributed by atoms with Crippen molar-refractivity contribution < 1.29 is 4.74 Å². The van der Waals surface area contributed by atoms with E-state index in [0.29, 0.717) is 5.92 Å². The van der Waals surface area contributed by atoms with E-state index in [0.717, 1.165) is 57.4 Å². The van der Waals surface area contributed by atoms with Gasteiger partial charge < -0.3 is 10.1 Å². The molecule has 0 unspecified atom stereocenters. The first kappa shape index (κ1) is 19.4. The zero-order valence-electron chi connectivity index (χ0n) is 15.4. The van der Waals surface area contributed by atoms with E-state index in [1.54, 1.807) is 0 Å². The van der Waals surface area contributed by atoms with Crippen LogP contribution in [0.25, 0.3) is 0 Å². The Balaban J connectivity index is 1.46. The van der Waals surface area contributed by atoms with Gasteiger partial charge in [0.2, 0.25) is 0 Å². The summed E-state index contributed by atoms with van der Waals surface area (Å²) in [6.07, 6.45) is 2.28. The highest BCUT2D eigenvalue weighted by Crippen LogP contribution is 2.28. The van der Waals surface area contributed by atoms with E-state index in [-0.39, 0.29) is 0 Å². The largest absolute Gasteiger partial charge is 0.379 e. The zero-order chi connectivity index (χ0) is 18.0. The van der Waals surface area contributed by atoms with Crippen molar-refractivity contribution in [2.45, 2.75) is 18.8 Å². The number of halogens is 1. The molecule has 1 heterocycles. The van der Waals surface area contributed by atoms with Crippen LogP contribution in [0.3, 0.4) is 0 Å². The second kappa shape index (κ2) is 10.7. The Hall–Kier alpha value is -1.39. The smallest absolute Gasteiger partial charge is 0.0594 e. The SMILES string of the molecule is Clc1ccc([C@H](CCNCCCN2CCOCC2)c2ccccc2)cc1. The van der Waals surface area contributed by atoms with Crippen LogP contribution in [0.2, 0.25) is 5.02 Å². The molecule has 0 radical (unpaired) electrons. The van der Waals surface area contributed by atoms with Gasteiger partial charge in [-0.15, -0.1) is 0 Å². The maximum atomic E-state index is 6.06. The molecule has 0 aliphatic carbocycles. The van der Waals surface area contributed by atoms with Crippen LogP contribution in [0.1, 0.15) is 29.9 Å². The van der Waals surface area contributed by atoms with Crippen molar-refractivity contribution in [3.8, 4) is 0 Å². The van der Waals surface area contributed by atoms with E-state index in [9.17, 15) is 0 Å². The molecular weight excluding hydrogens is 344 g/mol. The molecule has 2 aromatic rings. The maximum absolute atomic E-state index is 6.06. The van der Waals surface area contributed by atoms with E-state index in [2.05, 4.69) is 52.7 Å². The third-order valence-corrected chi connectivity index (χ3v) is 5.27. The summed E-state index contributed by atoms with van der Waals surface area (Å²) >= 11 is 6.06. The quantitative estimate of drug-likeness (QED) is 0.668. The molecule has 140 valence electrons. The van der Waals surface area contributed by atoms with Crippen LogP contribution >= 0.6 is 11.6 Å². The number of morpholine rings is 1.